The van der Waals surface area contributed by atoms with Gasteiger partial charge in [0.05, 0.1) is 0 Å². The number of benzene rings is 2. The number of aryl methyl sites for hydroxylation is 1. The second-order valence-corrected chi connectivity index (χ2v) is 4.94. The second-order valence-electron chi connectivity index (χ2n) is 4.06. The van der Waals surface area contributed by atoms with Crippen LogP contribution in [0.1, 0.15) is 15.9 Å². The van der Waals surface area contributed by atoms with Crippen LogP contribution in [0.15, 0.2) is 53.4 Å². The molecule has 1 N–H and O–H groups in total. The van der Waals surface area contributed by atoms with Gasteiger partial charge in [0.25, 0.3) is 5.91 Å². The molecule has 0 saturated heterocycles. The van der Waals surface area contributed by atoms with Crippen molar-refractivity contribution in [2.24, 2.45) is 0 Å². The fourth-order valence-corrected chi connectivity index (χ4v) is 2.15. The number of nitrogens with one attached hydrogen (secondary N) is 1. The summed E-state index contributed by atoms with van der Waals surface area (Å²) in [7, 11) is 0. The van der Waals surface area contributed by atoms with Gasteiger partial charge in [0.1, 0.15) is 0 Å². The van der Waals surface area contributed by atoms with Crippen molar-refractivity contribution in [3.63, 3.8) is 0 Å². The van der Waals surface area contributed by atoms with Gasteiger partial charge in [0, 0.05) is 16.1 Å². The molecule has 1 amide bonds. The van der Waals surface area contributed by atoms with E-state index in [-0.39, 0.29) is 5.91 Å². The first-order chi connectivity index (χ1) is 8.69. The molecule has 2 rings (SSSR count). The van der Waals surface area contributed by atoms with Gasteiger partial charge in [-0.2, -0.15) is 0 Å². The Balaban J connectivity index is 2.16. The average molecular weight is 257 g/mol. The first-order valence-corrected chi connectivity index (χ1v) is 6.93. The summed E-state index contributed by atoms with van der Waals surface area (Å²) in [4.78, 5) is 13.2. The van der Waals surface area contributed by atoms with Gasteiger partial charge >= 0.3 is 0 Å². The highest BCUT2D eigenvalue weighted by Crippen LogP contribution is 2.19. The van der Waals surface area contributed by atoms with Gasteiger partial charge in [-0.3, -0.25) is 4.79 Å². The summed E-state index contributed by atoms with van der Waals surface area (Å²) in [6, 6.07) is 15.4. The molecule has 0 saturated carbocycles. The highest BCUT2D eigenvalue weighted by molar-refractivity contribution is 7.98. The van der Waals surface area contributed by atoms with Crippen molar-refractivity contribution in [2.75, 3.05) is 11.6 Å². The van der Waals surface area contributed by atoms with Gasteiger partial charge in [-0.1, -0.05) is 23.8 Å². The summed E-state index contributed by atoms with van der Waals surface area (Å²) in [5.41, 5.74) is 2.60. The zero-order chi connectivity index (χ0) is 13.0. The van der Waals surface area contributed by atoms with E-state index in [1.807, 2.05) is 61.7 Å². The molecule has 0 atom stereocenters. The maximum atomic E-state index is 12.0. The van der Waals surface area contributed by atoms with Crippen LogP contribution in [0.25, 0.3) is 0 Å². The van der Waals surface area contributed by atoms with Crippen LogP contribution >= 0.6 is 11.8 Å². The van der Waals surface area contributed by atoms with E-state index in [4.69, 9.17) is 0 Å². The van der Waals surface area contributed by atoms with Gasteiger partial charge in [-0.15, -0.1) is 11.8 Å². The summed E-state index contributed by atoms with van der Waals surface area (Å²) in [5, 5.41) is 2.91. The molecule has 0 bridgehead atoms. The summed E-state index contributed by atoms with van der Waals surface area (Å²) in [6.07, 6.45) is 2.02. The first kappa shape index (κ1) is 12.7. The molecular formula is C15H15NOS. The van der Waals surface area contributed by atoms with Crippen molar-refractivity contribution in [3.8, 4) is 0 Å². The van der Waals surface area contributed by atoms with Crippen molar-refractivity contribution in [1.82, 2.24) is 0 Å². The Morgan fingerprint density at radius 1 is 1.11 bits per heavy atom. The first-order valence-electron chi connectivity index (χ1n) is 5.71. The van der Waals surface area contributed by atoms with Crippen LogP contribution in [0.5, 0.6) is 0 Å². The third-order valence-corrected chi connectivity index (χ3v) is 3.33. The van der Waals surface area contributed by atoms with Crippen LogP contribution in [-0.4, -0.2) is 12.2 Å². The Bertz CT molecular complexity index is 566. The van der Waals surface area contributed by atoms with E-state index < -0.39 is 0 Å². The molecule has 0 aliphatic heterocycles. The van der Waals surface area contributed by atoms with Crippen molar-refractivity contribution >= 4 is 23.4 Å². The van der Waals surface area contributed by atoms with Gasteiger partial charge in [0.2, 0.25) is 0 Å². The number of carbonyl (C=O) groups is 1. The van der Waals surface area contributed by atoms with Crippen LogP contribution in [-0.2, 0) is 0 Å². The number of thioether (sulfide) groups is 1. The Hall–Kier alpha value is -1.74. The molecule has 0 heterocycles. The average Bonchev–Trinajstić information content (AvgIpc) is 2.39. The lowest BCUT2D eigenvalue weighted by Gasteiger charge is -2.07. The normalized spacial score (nSPS) is 10.1. The van der Waals surface area contributed by atoms with Crippen LogP contribution in [0, 0.1) is 6.92 Å². The van der Waals surface area contributed by atoms with Crippen LogP contribution < -0.4 is 5.32 Å². The largest absolute Gasteiger partial charge is 0.322 e. The molecule has 2 aromatic carbocycles. The fraction of sp³-hybridized carbons (Fsp3) is 0.133. The van der Waals surface area contributed by atoms with E-state index in [1.165, 1.54) is 0 Å². The lowest BCUT2D eigenvalue weighted by Crippen LogP contribution is -2.11. The Morgan fingerprint density at radius 3 is 2.61 bits per heavy atom. The molecule has 0 aliphatic rings. The topological polar surface area (TPSA) is 29.1 Å². The van der Waals surface area contributed by atoms with E-state index in [2.05, 4.69) is 5.32 Å². The molecule has 0 fully saturated rings. The minimum atomic E-state index is -0.0723. The molecule has 0 aliphatic carbocycles. The minimum absolute atomic E-state index is 0.0723. The fourth-order valence-electron chi connectivity index (χ4n) is 1.69. The molecule has 0 spiro atoms. The summed E-state index contributed by atoms with van der Waals surface area (Å²) in [6.45, 7) is 1.98. The third kappa shape index (κ3) is 3.14. The number of hydrogen-bond acceptors (Lipinski definition) is 2. The number of amides is 1. The molecular weight excluding hydrogens is 242 g/mol. The predicted octanol–water partition coefficient (Wildman–Crippen LogP) is 3.97. The quantitative estimate of drug-likeness (QED) is 0.843. The third-order valence-electron chi connectivity index (χ3n) is 2.61. The zero-order valence-electron chi connectivity index (χ0n) is 10.4. The Morgan fingerprint density at radius 2 is 1.89 bits per heavy atom. The molecule has 0 radical (unpaired) electrons. The molecule has 2 aromatic rings. The monoisotopic (exact) mass is 257 g/mol. The van der Waals surface area contributed by atoms with E-state index >= 15 is 0 Å². The number of hydrogen-bond donors (Lipinski definition) is 1. The van der Waals surface area contributed by atoms with Crippen molar-refractivity contribution in [2.45, 2.75) is 11.8 Å². The zero-order valence-corrected chi connectivity index (χ0v) is 11.3. The minimum Gasteiger partial charge on any atom is -0.322 e. The lowest BCUT2D eigenvalue weighted by atomic mass is 10.1. The Kier molecular flexibility index (Phi) is 4.05. The van der Waals surface area contributed by atoms with Gasteiger partial charge < -0.3 is 5.32 Å². The maximum Gasteiger partial charge on any atom is 0.255 e. The lowest BCUT2D eigenvalue weighted by molar-refractivity contribution is 0.102. The molecule has 92 valence electrons. The second kappa shape index (κ2) is 5.74. The highest BCUT2D eigenvalue weighted by atomic mass is 32.2. The highest BCUT2D eigenvalue weighted by Gasteiger charge is 2.06. The van der Waals surface area contributed by atoms with Crippen LogP contribution in [0.2, 0.25) is 0 Å². The summed E-state index contributed by atoms with van der Waals surface area (Å²) >= 11 is 1.66. The molecule has 18 heavy (non-hydrogen) atoms. The number of anilines is 1. The van der Waals surface area contributed by atoms with E-state index in [9.17, 15) is 4.79 Å². The van der Waals surface area contributed by atoms with E-state index in [0.29, 0.717) is 5.56 Å². The van der Waals surface area contributed by atoms with Crippen molar-refractivity contribution < 1.29 is 4.79 Å². The van der Waals surface area contributed by atoms with Crippen LogP contribution in [0.3, 0.4) is 0 Å². The molecule has 0 unspecified atom stereocenters. The predicted molar refractivity (Wildman–Crippen MR) is 77.4 cm³/mol. The molecule has 3 heteroatoms. The SMILES string of the molecule is CSc1cccc(NC(=O)c2cccc(C)c2)c1. The van der Waals surface area contributed by atoms with Crippen LogP contribution in [0.4, 0.5) is 5.69 Å². The van der Waals surface area contributed by atoms with Crippen molar-refractivity contribution in [3.05, 3.63) is 59.7 Å². The van der Waals surface area contributed by atoms with E-state index in [1.54, 1.807) is 11.8 Å². The van der Waals surface area contributed by atoms with Gasteiger partial charge in [0.15, 0.2) is 0 Å². The Labute approximate surface area is 111 Å². The standard InChI is InChI=1S/C15H15NOS/c1-11-5-3-6-12(9-11)15(17)16-13-7-4-8-14(10-13)18-2/h3-10H,1-2H3,(H,16,17). The van der Waals surface area contributed by atoms with Gasteiger partial charge in [-0.05, 0) is 43.5 Å². The summed E-state index contributed by atoms with van der Waals surface area (Å²) < 4.78 is 0. The van der Waals surface area contributed by atoms with Crippen molar-refractivity contribution in [1.29, 1.82) is 0 Å². The number of carbonyl (C=O) groups excluding carboxylic acids is 1. The number of rotatable bonds is 3. The smallest absolute Gasteiger partial charge is 0.255 e. The summed E-state index contributed by atoms with van der Waals surface area (Å²) in [5.74, 6) is -0.0723. The maximum absolute atomic E-state index is 12.0. The van der Waals surface area contributed by atoms with Gasteiger partial charge in [-0.25, -0.2) is 0 Å². The van der Waals surface area contributed by atoms with E-state index in [0.717, 1.165) is 16.1 Å². The molecule has 0 aromatic heterocycles. The molecule has 2 nitrogen and oxygen atoms in total.